The Morgan fingerprint density at radius 1 is 1.00 bits per heavy atom. The smallest absolute Gasteiger partial charge is 0.183 e. The highest BCUT2D eigenvalue weighted by atomic mass is 19.1. The van der Waals surface area contributed by atoms with Crippen LogP contribution in [-0.4, -0.2) is 66.9 Å². The van der Waals surface area contributed by atoms with Gasteiger partial charge in [0.25, 0.3) is 0 Å². The minimum atomic E-state index is -0.262. The van der Waals surface area contributed by atoms with Crippen LogP contribution >= 0.6 is 0 Å². The minimum absolute atomic E-state index is 0.262. The summed E-state index contributed by atoms with van der Waals surface area (Å²) in [6.07, 6.45) is 4.91. The third-order valence-electron chi connectivity index (χ3n) is 7.72. The number of hydrogen-bond donors (Lipinski definition) is 0. The Hall–Kier alpha value is -2.64. The monoisotopic (exact) mass is 464 g/mol. The maximum absolute atomic E-state index is 14.4. The summed E-state index contributed by atoms with van der Waals surface area (Å²) in [5, 5.41) is 4.71. The topological polar surface area (TPSA) is 45.0 Å². The van der Waals surface area contributed by atoms with E-state index in [1.165, 1.54) is 37.6 Å². The molecule has 3 saturated heterocycles. The van der Waals surface area contributed by atoms with Crippen LogP contribution < -0.4 is 9.64 Å². The van der Waals surface area contributed by atoms with Crippen molar-refractivity contribution in [2.24, 2.45) is 5.92 Å². The summed E-state index contributed by atoms with van der Waals surface area (Å²) >= 11 is 0. The second kappa shape index (κ2) is 9.55. The fraction of sp³-hybridized carbons (Fsp3) is 0.519. The highest BCUT2D eigenvalue weighted by molar-refractivity contribution is 5.89. The number of hydrogen-bond acceptors (Lipinski definition) is 6. The molecule has 180 valence electrons. The maximum atomic E-state index is 14.4. The fourth-order valence-electron chi connectivity index (χ4n) is 5.88. The SMILES string of the molecule is Fc1cccc2onc(N3CCN4C[C@H](COc5cccc(CN6CCCC6)c5)CC[C@H]4C3)c12. The van der Waals surface area contributed by atoms with Gasteiger partial charge in [0.2, 0.25) is 0 Å². The molecule has 3 aliphatic rings. The Labute approximate surface area is 200 Å². The van der Waals surface area contributed by atoms with E-state index in [0.29, 0.717) is 28.7 Å². The molecule has 0 aliphatic carbocycles. The lowest BCUT2D eigenvalue weighted by Crippen LogP contribution is -2.57. The Bertz CT molecular complexity index is 1130. The Morgan fingerprint density at radius 2 is 1.88 bits per heavy atom. The van der Waals surface area contributed by atoms with E-state index in [4.69, 9.17) is 9.26 Å². The molecule has 7 heteroatoms. The van der Waals surface area contributed by atoms with Crippen LogP contribution in [-0.2, 0) is 6.54 Å². The number of anilines is 1. The number of piperidine rings is 1. The average molecular weight is 465 g/mol. The van der Waals surface area contributed by atoms with Crippen molar-refractivity contribution in [2.75, 3.05) is 50.8 Å². The van der Waals surface area contributed by atoms with E-state index in [-0.39, 0.29) is 5.82 Å². The van der Waals surface area contributed by atoms with Crippen LogP contribution in [0, 0.1) is 11.7 Å². The molecule has 3 aromatic rings. The van der Waals surface area contributed by atoms with Crippen molar-refractivity contribution in [2.45, 2.75) is 38.3 Å². The molecule has 0 saturated carbocycles. The average Bonchev–Trinajstić information content (AvgIpc) is 3.53. The lowest BCUT2D eigenvalue weighted by atomic mass is 9.91. The second-order valence-electron chi connectivity index (χ2n) is 10.1. The largest absolute Gasteiger partial charge is 0.493 e. The normalized spacial score (nSPS) is 24.0. The van der Waals surface area contributed by atoms with E-state index in [1.54, 1.807) is 12.1 Å². The van der Waals surface area contributed by atoms with Gasteiger partial charge >= 0.3 is 0 Å². The molecular formula is C27H33FN4O2. The van der Waals surface area contributed by atoms with Gasteiger partial charge in [-0.05, 0) is 68.6 Å². The first-order valence-corrected chi connectivity index (χ1v) is 12.7. The number of nitrogens with zero attached hydrogens (tertiary/aromatic N) is 4. The van der Waals surface area contributed by atoms with Gasteiger partial charge in [0, 0.05) is 44.7 Å². The summed E-state index contributed by atoms with van der Waals surface area (Å²) in [5.74, 6) is 1.91. The Balaban J connectivity index is 1.03. The third-order valence-corrected chi connectivity index (χ3v) is 7.72. The molecule has 1 aromatic heterocycles. The first kappa shape index (κ1) is 21.9. The zero-order chi connectivity index (χ0) is 22.9. The molecule has 34 heavy (non-hydrogen) atoms. The Kier molecular flexibility index (Phi) is 6.14. The van der Waals surface area contributed by atoms with Crippen LogP contribution in [0.2, 0.25) is 0 Å². The Morgan fingerprint density at radius 3 is 2.79 bits per heavy atom. The lowest BCUT2D eigenvalue weighted by molar-refractivity contribution is 0.0726. The standard InChI is InChI=1S/C27H33FN4O2/c28-24-7-4-8-25-26(24)27(29-34-25)32-14-13-31-17-21(9-10-22(31)18-32)19-33-23-6-3-5-20(15-23)16-30-11-1-2-12-30/h3-8,15,21-22H,1-2,9-14,16-19H2/t21-,22+/m1/s1. The van der Waals surface area contributed by atoms with Gasteiger partial charge in [0.05, 0.1) is 6.61 Å². The minimum Gasteiger partial charge on any atom is -0.493 e. The molecule has 6 nitrogen and oxygen atoms in total. The van der Waals surface area contributed by atoms with Crippen LogP contribution in [0.15, 0.2) is 47.0 Å². The van der Waals surface area contributed by atoms with E-state index < -0.39 is 0 Å². The van der Waals surface area contributed by atoms with Gasteiger partial charge in [0.15, 0.2) is 11.4 Å². The van der Waals surface area contributed by atoms with Crippen LogP contribution in [0.25, 0.3) is 11.0 Å². The molecule has 0 bridgehead atoms. The third kappa shape index (κ3) is 4.51. The summed E-state index contributed by atoms with van der Waals surface area (Å²) in [6, 6.07) is 14.0. The van der Waals surface area contributed by atoms with E-state index in [9.17, 15) is 4.39 Å². The van der Waals surface area contributed by atoms with Crippen molar-refractivity contribution >= 4 is 16.8 Å². The number of aromatic nitrogens is 1. The molecule has 0 radical (unpaired) electrons. The number of ether oxygens (including phenoxy) is 1. The molecule has 0 N–H and O–H groups in total. The predicted octanol–water partition coefficient (Wildman–Crippen LogP) is 4.54. The van der Waals surface area contributed by atoms with Gasteiger partial charge in [-0.1, -0.05) is 23.4 Å². The van der Waals surface area contributed by atoms with Crippen LogP contribution in [0.5, 0.6) is 5.75 Å². The second-order valence-corrected chi connectivity index (χ2v) is 10.1. The van der Waals surface area contributed by atoms with Crippen molar-refractivity contribution in [3.8, 4) is 5.75 Å². The molecule has 0 spiro atoms. The quantitative estimate of drug-likeness (QED) is 0.534. The van der Waals surface area contributed by atoms with Crippen LogP contribution in [0.1, 0.15) is 31.2 Å². The van der Waals surface area contributed by atoms with Crippen molar-refractivity contribution in [1.82, 2.24) is 15.0 Å². The molecule has 6 rings (SSSR count). The molecule has 3 fully saturated rings. The zero-order valence-corrected chi connectivity index (χ0v) is 19.7. The summed E-state index contributed by atoms with van der Waals surface area (Å²) in [4.78, 5) is 7.30. The number of likely N-dealkylation sites (tertiary alicyclic amines) is 1. The van der Waals surface area contributed by atoms with Crippen LogP contribution in [0.4, 0.5) is 10.2 Å². The molecule has 2 aromatic carbocycles. The van der Waals surface area contributed by atoms with Gasteiger partial charge in [-0.2, -0.15) is 0 Å². The molecular weight excluding hydrogens is 431 g/mol. The highest BCUT2D eigenvalue weighted by Gasteiger charge is 2.34. The number of rotatable bonds is 6. The highest BCUT2D eigenvalue weighted by Crippen LogP contribution is 2.32. The molecule has 3 aliphatic heterocycles. The predicted molar refractivity (Wildman–Crippen MR) is 131 cm³/mol. The zero-order valence-electron chi connectivity index (χ0n) is 19.7. The number of fused-ring (bicyclic) bond motifs is 2. The summed E-state index contributed by atoms with van der Waals surface area (Å²) in [6.45, 7) is 7.92. The molecule has 2 atom stereocenters. The summed E-state index contributed by atoms with van der Waals surface area (Å²) < 4.78 is 26.1. The summed E-state index contributed by atoms with van der Waals surface area (Å²) in [5.41, 5.74) is 1.86. The first-order valence-electron chi connectivity index (χ1n) is 12.7. The van der Waals surface area contributed by atoms with Crippen molar-refractivity contribution in [3.63, 3.8) is 0 Å². The number of piperazine rings is 1. The van der Waals surface area contributed by atoms with Gasteiger partial charge < -0.3 is 14.2 Å². The van der Waals surface area contributed by atoms with E-state index in [1.807, 2.05) is 0 Å². The van der Waals surface area contributed by atoms with Crippen molar-refractivity contribution in [3.05, 3.63) is 53.8 Å². The van der Waals surface area contributed by atoms with E-state index in [0.717, 1.165) is 57.9 Å². The van der Waals surface area contributed by atoms with Gasteiger partial charge in [-0.15, -0.1) is 0 Å². The number of halogens is 1. The summed E-state index contributed by atoms with van der Waals surface area (Å²) in [7, 11) is 0. The number of benzene rings is 2. The van der Waals surface area contributed by atoms with Gasteiger partial charge in [0.1, 0.15) is 17.0 Å². The van der Waals surface area contributed by atoms with Gasteiger partial charge in [-0.3, -0.25) is 9.80 Å². The lowest BCUT2D eigenvalue weighted by Gasteiger charge is -2.46. The molecule has 0 unspecified atom stereocenters. The molecule has 4 heterocycles. The van der Waals surface area contributed by atoms with Crippen molar-refractivity contribution < 1.29 is 13.7 Å². The fourth-order valence-corrected chi connectivity index (χ4v) is 5.88. The van der Waals surface area contributed by atoms with E-state index in [2.05, 4.69) is 44.1 Å². The first-order chi connectivity index (χ1) is 16.7. The molecule has 0 amide bonds. The van der Waals surface area contributed by atoms with Crippen LogP contribution in [0.3, 0.4) is 0 Å². The van der Waals surface area contributed by atoms with E-state index >= 15 is 0 Å². The van der Waals surface area contributed by atoms with Crippen molar-refractivity contribution in [1.29, 1.82) is 0 Å². The van der Waals surface area contributed by atoms with Gasteiger partial charge in [-0.25, -0.2) is 4.39 Å². The maximum Gasteiger partial charge on any atom is 0.183 e.